The Morgan fingerprint density at radius 3 is 3.06 bits per heavy atom. The van der Waals surface area contributed by atoms with Crippen molar-refractivity contribution in [3.05, 3.63) is 40.2 Å². The molecule has 0 saturated heterocycles. The third-order valence-corrected chi connectivity index (χ3v) is 3.99. The van der Waals surface area contributed by atoms with E-state index in [1.165, 1.54) is 17.7 Å². The Morgan fingerprint density at radius 1 is 1.33 bits per heavy atom. The van der Waals surface area contributed by atoms with Crippen LogP contribution in [0.25, 0.3) is 10.2 Å². The van der Waals surface area contributed by atoms with E-state index in [1.807, 2.05) is 18.2 Å². The molecular weight excluding hydrogens is 336 g/mol. The predicted octanol–water partition coefficient (Wildman–Crippen LogP) is 4.25. The van der Waals surface area contributed by atoms with Gasteiger partial charge in [-0.05, 0) is 34.1 Å². The van der Waals surface area contributed by atoms with Gasteiger partial charge in [0, 0.05) is 11.2 Å². The summed E-state index contributed by atoms with van der Waals surface area (Å²) in [5.41, 5.74) is 0.914. The first-order chi connectivity index (χ1) is 8.72. The second kappa shape index (κ2) is 4.79. The number of rotatable bonds is 2. The van der Waals surface area contributed by atoms with E-state index >= 15 is 0 Å². The lowest BCUT2D eigenvalue weighted by Crippen LogP contribution is -1.94. The molecule has 3 rings (SSSR count). The lowest BCUT2D eigenvalue weighted by molar-refractivity contribution is 1.15. The van der Waals surface area contributed by atoms with Crippen molar-refractivity contribution >= 4 is 60.0 Å². The van der Waals surface area contributed by atoms with Gasteiger partial charge >= 0.3 is 0 Å². The van der Waals surface area contributed by atoms with Gasteiger partial charge in [0.05, 0.1) is 14.7 Å². The summed E-state index contributed by atoms with van der Waals surface area (Å²) in [6, 6.07) is 5.62. The van der Waals surface area contributed by atoms with Crippen molar-refractivity contribution < 1.29 is 0 Å². The number of nitrogens with one attached hydrogen (secondary N) is 1. The molecular formula is C11H6BrClN4S. The largest absolute Gasteiger partial charge is 0.315 e. The van der Waals surface area contributed by atoms with Gasteiger partial charge in [-0.3, -0.25) is 0 Å². The number of hydrogen-bond acceptors (Lipinski definition) is 5. The first-order valence-corrected chi connectivity index (χ1v) is 7.00. The van der Waals surface area contributed by atoms with E-state index in [9.17, 15) is 0 Å². The Balaban J connectivity index is 1.98. The van der Waals surface area contributed by atoms with Crippen molar-refractivity contribution in [1.82, 2.24) is 15.0 Å². The summed E-state index contributed by atoms with van der Waals surface area (Å²) in [5.74, 6) is 0.690. The minimum Gasteiger partial charge on any atom is -0.315 e. The summed E-state index contributed by atoms with van der Waals surface area (Å²) in [5, 5.41) is 4.63. The van der Waals surface area contributed by atoms with E-state index in [1.54, 1.807) is 6.20 Å². The topological polar surface area (TPSA) is 50.7 Å². The molecule has 0 fully saturated rings. The fraction of sp³-hybridized carbons (Fsp3) is 0. The van der Waals surface area contributed by atoms with E-state index in [2.05, 4.69) is 36.2 Å². The van der Waals surface area contributed by atoms with Gasteiger partial charge in [-0.2, -0.15) is 0 Å². The number of thiazole rings is 1. The molecule has 0 unspecified atom stereocenters. The quantitative estimate of drug-likeness (QED) is 0.757. The number of benzene rings is 1. The number of hydrogen-bond donors (Lipinski definition) is 1. The second-order valence-corrected chi connectivity index (χ2v) is 5.80. The molecule has 7 heteroatoms. The van der Waals surface area contributed by atoms with Crippen LogP contribution in [0.15, 0.2) is 35.2 Å². The van der Waals surface area contributed by atoms with Gasteiger partial charge in [-0.1, -0.05) is 22.9 Å². The van der Waals surface area contributed by atoms with Crippen LogP contribution in [0.5, 0.6) is 0 Å². The Morgan fingerprint density at radius 2 is 2.22 bits per heavy atom. The summed E-state index contributed by atoms with van der Waals surface area (Å²) in [7, 11) is 0. The second-order valence-electron chi connectivity index (χ2n) is 3.48. The number of fused-ring (bicyclic) bond motifs is 1. The van der Waals surface area contributed by atoms with Gasteiger partial charge in [0.2, 0.25) is 0 Å². The average Bonchev–Trinajstić information content (AvgIpc) is 2.73. The van der Waals surface area contributed by atoms with E-state index in [0.29, 0.717) is 10.8 Å². The predicted molar refractivity (Wildman–Crippen MR) is 77.6 cm³/mol. The van der Waals surface area contributed by atoms with Crippen LogP contribution in [0.1, 0.15) is 0 Å². The molecule has 0 aliphatic heterocycles. The van der Waals surface area contributed by atoms with Crippen molar-refractivity contribution in [2.45, 2.75) is 0 Å². The number of anilines is 2. The molecule has 1 N–H and O–H groups in total. The highest BCUT2D eigenvalue weighted by Crippen LogP contribution is 2.31. The Labute approximate surface area is 120 Å². The zero-order valence-electron chi connectivity index (χ0n) is 8.89. The van der Waals surface area contributed by atoms with Crippen molar-refractivity contribution in [3.63, 3.8) is 0 Å². The maximum Gasteiger partial charge on any atom is 0.189 e. The van der Waals surface area contributed by atoms with Gasteiger partial charge in [-0.25, -0.2) is 15.0 Å². The van der Waals surface area contributed by atoms with Crippen molar-refractivity contribution in [2.24, 2.45) is 0 Å². The Hall–Kier alpha value is -1.24. The molecule has 0 bridgehead atoms. The van der Waals surface area contributed by atoms with Gasteiger partial charge < -0.3 is 5.32 Å². The maximum atomic E-state index is 5.94. The van der Waals surface area contributed by atoms with Crippen molar-refractivity contribution in [2.75, 3.05) is 5.32 Å². The van der Waals surface area contributed by atoms with E-state index in [4.69, 9.17) is 11.6 Å². The van der Waals surface area contributed by atoms with Crippen LogP contribution in [-0.2, 0) is 0 Å². The highest BCUT2D eigenvalue weighted by Gasteiger charge is 2.07. The number of nitrogens with zero attached hydrogens (tertiary/aromatic N) is 3. The van der Waals surface area contributed by atoms with Gasteiger partial charge in [0.1, 0.15) is 12.1 Å². The molecule has 90 valence electrons. The van der Waals surface area contributed by atoms with Crippen LogP contribution in [0.2, 0.25) is 5.02 Å². The first kappa shape index (κ1) is 11.8. The van der Waals surface area contributed by atoms with Crippen LogP contribution in [0, 0.1) is 0 Å². The Bertz CT molecular complexity index is 715. The number of aromatic nitrogens is 3. The highest BCUT2D eigenvalue weighted by atomic mass is 79.9. The van der Waals surface area contributed by atoms with Crippen LogP contribution < -0.4 is 5.32 Å². The van der Waals surface area contributed by atoms with E-state index < -0.39 is 0 Å². The molecule has 2 aromatic heterocycles. The molecule has 3 aromatic rings. The normalized spacial score (nSPS) is 10.8. The fourth-order valence-corrected chi connectivity index (χ4v) is 2.92. The van der Waals surface area contributed by atoms with Crippen molar-refractivity contribution in [3.8, 4) is 0 Å². The standard InChI is InChI=1S/C11H6BrClN4S/c12-7-4-14-5-15-10(7)17-11-16-8-2-1-6(13)3-9(8)18-11/h1-5H,(H,14,15,16,17). The molecule has 1 aromatic carbocycles. The summed E-state index contributed by atoms with van der Waals surface area (Å²) >= 11 is 10.8. The molecule has 0 amide bonds. The molecule has 0 spiro atoms. The minimum absolute atomic E-state index is 0.690. The molecule has 0 radical (unpaired) electrons. The SMILES string of the molecule is Clc1ccc2nc(Nc3ncncc3Br)sc2c1. The van der Waals surface area contributed by atoms with Gasteiger partial charge in [-0.15, -0.1) is 0 Å². The van der Waals surface area contributed by atoms with Crippen LogP contribution in [0.4, 0.5) is 10.9 Å². The molecule has 0 saturated carbocycles. The molecule has 4 nitrogen and oxygen atoms in total. The average molecular weight is 342 g/mol. The smallest absolute Gasteiger partial charge is 0.189 e. The Kier molecular flexibility index (Phi) is 3.15. The third-order valence-electron chi connectivity index (χ3n) is 2.24. The van der Waals surface area contributed by atoms with E-state index in [0.717, 1.165) is 19.8 Å². The van der Waals surface area contributed by atoms with E-state index in [-0.39, 0.29) is 0 Å². The van der Waals surface area contributed by atoms with Crippen LogP contribution >= 0.6 is 38.9 Å². The zero-order valence-corrected chi connectivity index (χ0v) is 12.1. The molecule has 0 aliphatic rings. The van der Waals surface area contributed by atoms with Crippen LogP contribution in [0.3, 0.4) is 0 Å². The summed E-state index contributed by atoms with van der Waals surface area (Å²) in [4.78, 5) is 12.5. The summed E-state index contributed by atoms with van der Waals surface area (Å²) < 4.78 is 1.83. The number of halogens is 2. The maximum absolute atomic E-state index is 5.94. The summed E-state index contributed by atoms with van der Waals surface area (Å²) in [6.07, 6.45) is 3.16. The molecule has 0 atom stereocenters. The van der Waals surface area contributed by atoms with Crippen molar-refractivity contribution in [1.29, 1.82) is 0 Å². The lowest BCUT2D eigenvalue weighted by Gasteiger charge is -2.01. The minimum atomic E-state index is 0.690. The highest BCUT2D eigenvalue weighted by molar-refractivity contribution is 9.10. The third kappa shape index (κ3) is 2.31. The summed E-state index contributed by atoms with van der Waals surface area (Å²) in [6.45, 7) is 0. The zero-order chi connectivity index (χ0) is 12.5. The van der Waals surface area contributed by atoms with Gasteiger partial charge in [0.25, 0.3) is 0 Å². The molecule has 2 heterocycles. The first-order valence-electron chi connectivity index (χ1n) is 5.01. The molecule has 0 aliphatic carbocycles. The lowest BCUT2D eigenvalue weighted by atomic mass is 10.3. The fourth-order valence-electron chi connectivity index (χ4n) is 1.46. The molecule has 18 heavy (non-hydrogen) atoms. The van der Waals surface area contributed by atoms with Gasteiger partial charge in [0.15, 0.2) is 5.13 Å². The monoisotopic (exact) mass is 340 g/mol. The van der Waals surface area contributed by atoms with Crippen LogP contribution in [-0.4, -0.2) is 15.0 Å².